The highest BCUT2D eigenvalue weighted by atomic mass is 16.2. The normalized spacial score (nSPS) is 12.9. The molecule has 2 amide bonds. The first-order chi connectivity index (χ1) is 9.76. The molecular formula is C16H33N3O2. The Bertz CT molecular complexity index is 320. The second-order valence-electron chi connectivity index (χ2n) is 6.52. The van der Waals surface area contributed by atoms with Crippen LogP contribution < -0.4 is 11.1 Å². The minimum atomic E-state index is -0.0539. The molecule has 0 rings (SSSR count). The van der Waals surface area contributed by atoms with E-state index in [-0.39, 0.29) is 23.8 Å². The Morgan fingerprint density at radius 2 is 1.71 bits per heavy atom. The number of nitrogens with zero attached hydrogens (tertiary/aromatic N) is 1. The third-order valence-corrected chi connectivity index (χ3v) is 4.01. The van der Waals surface area contributed by atoms with E-state index in [9.17, 15) is 9.59 Å². The van der Waals surface area contributed by atoms with Gasteiger partial charge in [0.05, 0.1) is 6.54 Å². The second-order valence-corrected chi connectivity index (χ2v) is 6.52. The summed E-state index contributed by atoms with van der Waals surface area (Å²) in [5.41, 5.74) is 5.79. The Balaban J connectivity index is 4.17. The number of hydrogen-bond donors (Lipinski definition) is 2. The Kier molecular flexibility index (Phi) is 9.26. The Hall–Kier alpha value is -1.10. The van der Waals surface area contributed by atoms with Crippen LogP contribution in [0.5, 0.6) is 0 Å². The van der Waals surface area contributed by atoms with Crippen LogP contribution in [0.25, 0.3) is 0 Å². The SMILES string of the molecule is CCN(CC)C(=O)CNC(=O)CCC(CCN)C(C)(C)C. The monoisotopic (exact) mass is 299 g/mol. The summed E-state index contributed by atoms with van der Waals surface area (Å²) in [4.78, 5) is 25.4. The molecule has 0 aromatic carbocycles. The van der Waals surface area contributed by atoms with Gasteiger partial charge in [0.2, 0.25) is 11.8 Å². The quantitative estimate of drug-likeness (QED) is 0.681. The van der Waals surface area contributed by atoms with Gasteiger partial charge < -0.3 is 16.0 Å². The molecular weight excluding hydrogens is 266 g/mol. The molecule has 0 bridgehead atoms. The first-order valence-electron chi connectivity index (χ1n) is 8.00. The molecule has 3 N–H and O–H groups in total. The highest BCUT2D eigenvalue weighted by Crippen LogP contribution is 2.31. The van der Waals surface area contributed by atoms with E-state index < -0.39 is 0 Å². The molecule has 0 saturated carbocycles. The zero-order valence-electron chi connectivity index (χ0n) is 14.4. The van der Waals surface area contributed by atoms with Crippen LogP contribution in [0.4, 0.5) is 0 Å². The van der Waals surface area contributed by atoms with Gasteiger partial charge in [-0.1, -0.05) is 20.8 Å². The fraction of sp³-hybridized carbons (Fsp3) is 0.875. The number of rotatable bonds is 9. The average Bonchev–Trinajstić information content (AvgIpc) is 2.41. The highest BCUT2D eigenvalue weighted by molar-refractivity contribution is 5.84. The average molecular weight is 299 g/mol. The predicted octanol–water partition coefficient (Wildman–Crippen LogP) is 1.76. The standard InChI is InChI=1S/C16H33N3O2/c1-6-19(7-2)15(21)12-18-14(20)9-8-13(10-11-17)16(3,4)5/h13H,6-12,17H2,1-5H3,(H,18,20). The van der Waals surface area contributed by atoms with Crippen LogP contribution in [0.1, 0.15) is 53.9 Å². The Morgan fingerprint density at radius 1 is 1.14 bits per heavy atom. The maximum atomic E-state index is 11.9. The van der Waals surface area contributed by atoms with Gasteiger partial charge in [0.1, 0.15) is 0 Å². The Labute approximate surface area is 129 Å². The van der Waals surface area contributed by atoms with Gasteiger partial charge in [-0.05, 0) is 44.6 Å². The number of likely N-dealkylation sites (N-methyl/N-ethyl adjacent to an activating group) is 1. The van der Waals surface area contributed by atoms with Gasteiger partial charge in [-0.3, -0.25) is 9.59 Å². The van der Waals surface area contributed by atoms with Crippen molar-refractivity contribution >= 4 is 11.8 Å². The van der Waals surface area contributed by atoms with E-state index in [0.29, 0.717) is 32.0 Å². The zero-order valence-corrected chi connectivity index (χ0v) is 14.4. The van der Waals surface area contributed by atoms with Crippen molar-refractivity contribution in [3.8, 4) is 0 Å². The molecule has 1 atom stereocenters. The molecule has 0 aliphatic rings. The van der Waals surface area contributed by atoms with E-state index in [1.807, 2.05) is 13.8 Å². The Morgan fingerprint density at radius 3 is 2.14 bits per heavy atom. The lowest BCUT2D eigenvalue weighted by Crippen LogP contribution is -2.40. The molecule has 0 fully saturated rings. The summed E-state index contributed by atoms with van der Waals surface area (Å²) < 4.78 is 0. The van der Waals surface area contributed by atoms with Crippen LogP contribution in [0, 0.1) is 11.3 Å². The van der Waals surface area contributed by atoms with Crippen molar-refractivity contribution in [3.05, 3.63) is 0 Å². The molecule has 124 valence electrons. The molecule has 0 aliphatic heterocycles. The summed E-state index contributed by atoms with van der Waals surface area (Å²) in [6.45, 7) is 12.5. The van der Waals surface area contributed by atoms with Crippen LogP contribution in [-0.2, 0) is 9.59 Å². The van der Waals surface area contributed by atoms with Crippen LogP contribution in [-0.4, -0.2) is 42.9 Å². The molecule has 5 nitrogen and oxygen atoms in total. The van der Waals surface area contributed by atoms with Gasteiger partial charge in [0.25, 0.3) is 0 Å². The molecule has 5 heteroatoms. The molecule has 1 unspecified atom stereocenters. The van der Waals surface area contributed by atoms with E-state index in [4.69, 9.17) is 5.73 Å². The first kappa shape index (κ1) is 19.9. The van der Waals surface area contributed by atoms with Crippen molar-refractivity contribution in [3.63, 3.8) is 0 Å². The lowest BCUT2D eigenvalue weighted by atomic mass is 9.76. The van der Waals surface area contributed by atoms with E-state index in [1.165, 1.54) is 0 Å². The number of nitrogens with one attached hydrogen (secondary N) is 1. The van der Waals surface area contributed by atoms with E-state index in [2.05, 4.69) is 26.1 Å². The first-order valence-corrected chi connectivity index (χ1v) is 8.00. The highest BCUT2D eigenvalue weighted by Gasteiger charge is 2.24. The molecule has 0 aromatic rings. The minimum absolute atomic E-state index is 0.0253. The summed E-state index contributed by atoms with van der Waals surface area (Å²) in [6.07, 6.45) is 2.19. The molecule has 0 heterocycles. The van der Waals surface area contributed by atoms with Crippen molar-refractivity contribution < 1.29 is 9.59 Å². The van der Waals surface area contributed by atoms with Gasteiger partial charge in [-0.15, -0.1) is 0 Å². The topological polar surface area (TPSA) is 75.4 Å². The summed E-state index contributed by atoms with van der Waals surface area (Å²) in [5, 5.41) is 2.72. The van der Waals surface area contributed by atoms with Crippen LogP contribution >= 0.6 is 0 Å². The number of hydrogen-bond acceptors (Lipinski definition) is 3. The second kappa shape index (κ2) is 9.77. The molecule has 0 aliphatic carbocycles. The van der Waals surface area contributed by atoms with Gasteiger partial charge in [0.15, 0.2) is 0 Å². The van der Waals surface area contributed by atoms with Gasteiger partial charge in [-0.25, -0.2) is 0 Å². The van der Waals surface area contributed by atoms with Crippen LogP contribution in [0.3, 0.4) is 0 Å². The smallest absolute Gasteiger partial charge is 0.241 e. The fourth-order valence-electron chi connectivity index (χ4n) is 2.47. The molecule has 21 heavy (non-hydrogen) atoms. The lowest BCUT2D eigenvalue weighted by molar-refractivity contribution is -0.132. The van der Waals surface area contributed by atoms with Gasteiger partial charge >= 0.3 is 0 Å². The zero-order chi connectivity index (χ0) is 16.5. The van der Waals surface area contributed by atoms with Crippen molar-refractivity contribution in [2.75, 3.05) is 26.2 Å². The van der Waals surface area contributed by atoms with Crippen molar-refractivity contribution in [2.45, 2.75) is 53.9 Å². The summed E-state index contributed by atoms with van der Waals surface area (Å²) >= 11 is 0. The molecule has 0 radical (unpaired) electrons. The number of amides is 2. The number of carbonyl (C=O) groups is 2. The van der Waals surface area contributed by atoms with Crippen LogP contribution in [0.2, 0.25) is 0 Å². The maximum Gasteiger partial charge on any atom is 0.241 e. The third kappa shape index (κ3) is 8.05. The van der Waals surface area contributed by atoms with Gasteiger partial charge in [0, 0.05) is 19.5 Å². The maximum absolute atomic E-state index is 11.9. The summed E-state index contributed by atoms with van der Waals surface area (Å²) in [5.74, 6) is 0.344. The van der Waals surface area contributed by atoms with E-state index >= 15 is 0 Å². The largest absolute Gasteiger partial charge is 0.347 e. The van der Waals surface area contributed by atoms with Gasteiger partial charge in [-0.2, -0.15) is 0 Å². The van der Waals surface area contributed by atoms with Crippen molar-refractivity contribution in [2.24, 2.45) is 17.1 Å². The van der Waals surface area contributed by atoms with E-state index in [1.54, 1.807) is 4.90 Å². The van der Waals surface area contributed by atoms with E-state index in [0.717, 1.165) is 12.8 Å². The van der Waals surface area contributed by atoms with Crippen molar-refractivity contribution in [1.29, 1.82) is 0 Å². The third-order valence-electron chi connectivity index (χ3n) is 4.01. The summed E-state index contributed by atoms with van der Waals surface area (Å²) in [6, 6.07) is 0. The lowest BCUT2D eigenvalue weighted by Gasteiger charge is -2.30. The molecule has 0 aromatic heterocycles. The summed E-state index contributed by atoms with van der Waals surface area (Å²) in [7, 11) is 0. The number of carbonyl (C=O) groups excluding carboxylic acids is 2. The fourth-order valence-corrected chi connectivity index (χ4v) is 2.47. The number of nitrogens with two attached hydrogens (primary N) is 1. The molecule has 0 spiro atoms. The van der Waals surface area contributed by atoms with Crippen molar-refractivity contribution in [1.82, 2.24) is 10.2 Å². The minimum Gasteiger partial charge on any atom is -0.347 e. The molecule has 0 saturated heterocycles. The van der Waals surface area contributed by atoms with Crippen LogP contribution in [0.15, 0.2) is 0 Å². The predicted molar refractivity (Wildman–Crippen MR) is 86.8 cm³/mol.